The van der Waals surface area contributed by atoms with Gasteiger partial charge in [0.15, 0.2) is 0 Å². The monoisotopic (exact) mass is 591 g/mol. The molecule has 202 valence electrons. The van der Waals surface area contributed by atoms with Gasteiger partial charge in [0.1, 0.15) is 16.4 Å². The van der Waals surface area contributed by atoms with Crippen molar-refractivity contribution in [2.45, 2.75) is 9.79 Å². The molecule has 4 aromatic carbocycles. The van der Waals surface area contributed by atoms with E-state index in [9.17, 15) is 18.0 Å². The van der Waals surface area contributed by atoms with E-state index in [0.717, 1.165) is 16.7 Å². The molecule has 0 saturated heterocycles. The Labute approximate surface area is 240 Å². The van der Waals surface area contributed by atoms with Crippen molar-refractivity contribution in [3.05, 3.63) is 119 Å². The Balaban J connectivity index is 1.46. The lowest BCUT2D eigenvalue weighted by Gasteiger charge is -2.15. The quantitative estimate of drug-likeness (QED) is 0.225. The summed E-state index contributed by atoms with van der Waals surface area (Å²) in [7, 11) is -2.35. The van der Waals surface area contributed by atoms with E-state index in [-0.39, 0.29) is 15.5 Å². The number of ether oxygens (including phenoxy) is 1. The van der Waals surface area contributed by atoms with Crippen LogP contribution in [0.1, 0.15) is 0 Å². The summed E-state index contributed by atoms with van der Waals surface area (Å²) in [5.41, 5.74) is 1.44. The van der Waals surface area contributed by atoms with Crippen LogP contribution in [-0.2, 0) is 19.6 Å². The summed E-state index contributed by atoms with van der Waals surface area (Å²) in [6, 6.07) is 28.0. The van der Waals surface area contributed by atoms with E-state index < -0.39 is 21.8 Å². The maximum Gasteiger partial charge on any atom is 0.283 e. The van der Waals surface area contributed by atoms with E-state index in [1.807, 2.05) is 18.2 Å². The Morgan fingerprint density at radius 2 is 1.48 bits per heavy atom. The number of thioether (sulfide) groups is 1. The number of carbonyl (C=O) groups is 2. The van der Waals surface area contributed by atoms with Crippen LogP contribution in [0.4, 0.5) is 17.1 Å². The van der Waals surface area contributed by atoms with Crippen molar-refractivity contribution in [2.24, 2.45) is 0 Å². The van der Waals surface area contributed by atoms with Gasteiger partial charge in [-0.3, -0.25) is 14.3 Å². The van der Waals surface area contributed by atoms with Crippen LogP contribution >= 0.6 is 23.4 Å². The summed E-state index contributed by atoms with van der Waals surface area (Å²) >= 11 is 6.95. The van der Waals surface area contributed by atoms with Gasteiger partial charge in [-0.05, 0) is 78.9 Å². The van der Waals surface area contributed by atoms with Crippen molar-refractivity contribution in [1.82, 2.24) is 0 Å². The third kappa shape index (κ3) is 5.84. The van der Waals surface area contributed by atoms with Gasteiger partial charge < -0.3 is 10.1 Å². The summed E-state index contributed by atoms with van der Waals surface area (Å²) in [6.45, 7) is 0. The molecule has 1 aliphatic rings. The van der Waals surface area contributed by atoms with Crippen molar-refractivity contribution >= 4 is 62.3 Å². The zero-order valence-corrected chi connectivity index (χ0v) is 23.4. The highest BCUT2D eigenvalue weighted by atomic mass is 35.5. The smallest absolute Gasteiger partial charge is 0.283 e. The van der Waals surface area contributed by atoms with Crippen LogP contribution in [0.5, 0.6) is 5.75 Å². The van der Waals surface area contributed by atoms with Crippen LogP contribution in [0.2, 0.25) is 5.02 Å². The molecular formula is C29H22ClN3O5S2. The molecular weight excluding hydrogens is 570 g/mol. The standard InChI is InChI=1S/C29H22ClN3O5S2/c1-38-23-14-12-22(13-15-23)33-28(34)26(31-20-6-3-2-4-7-20)27(29(33)35)39-24-9-5-8-21(18-24)32-40(36,37)25-16-10-19(30)11-17-25/h2-18,31-32H,1H3. The van der Waals surface area contributed by atoms with Crippen LogP contribution in [0.15, 0.2) is 124 Å². The Morgan fingerprint density at radius 1 is 0.800 bits per heavy atom. The molecule has 1 heterocycles. The van der Waals surface area contributed by atoms with Crippen molar-refractivity contribution < 1.29 is 22.7 Å². The highest BCUT2D eigenvalue weighted by molar-refractivity contribution is 8.04. The van der Waals surface area contributed by atoms with Crippen LogP contribution < -0.4 is 19.7 Å². The number of rotatable bonds is 9. The normalized spacial score (nSPS) is 13.5. The zero-order valence-electron chi connectivity index (χ0n) is 21.0. The van der Waals surface area contributed by atoms with Crippen LogP contribution in [-0.4, -0.2) is 27.3 Å². The molecule has 0 aliphatic carbocycles. The first-order valence-corrected chi connectivity index (χ1v) is 14.6. The molecule has 0 atom stereocenters. The minimum atomic E-state index is -3.88. The summed E-state index contributed by atoms with van der Waals surface area (Å²) < 4.78 is 33.5. The predicted octanol–water partition coefficient (Wildman–Crippen LogP) is 6.14. The molecule has 4 aromatic rings. The second-order valence-corrected chi connectivity index (χ2v) is 11.7. The first kappa shape index (κ1) is 27.3. The molecule has 0 fully saturated rings. The van der Waals surface area contributed by atoms with Gasteiger partial charge in [0.05, 0.1) is 17.7 Å². The molecule has 0 unspecified atom stereocenters. The summed E-state index contributed by atoms with van der Waals surface area (Å²) in [6.07, 6.45) is 0. The number of imide groups is 1. The number of carbonyl (C=O) groups excluding carboxylic acids is 2. The molecule has 2 amide bonds. The van der Waals surface area contributed by atoms with Gasteiger partial charge in [0.2, 0.25) is 0 Å². The molecule has 40 heavy (non-hydrogen) atoms. The number of nitrogens with zero attached hydrogens (tertiary/aromatic N) is 1. The molecule has 2 N–H and O–H groups in total. The maximum atomic E-state index is 13.6. The topological polar surface area (TPSA) is 105 Å². The van der Waals surface area contributed by atoms with Crippen LogP contribution in [0.25, 0.3) is 0 Å². The number of hydrogen-bond acceptors (Lipinski definition) is 7. The average molecular weight is 592 g/mol. The second kappa shape index (κ2) is 11.5. The van der Waals surface area contributed by atoms with E-state index >= 15 is 0 Å². The number of para-hydroxylation sites is 1. The van der Waals surface area contributed by atoms with Crippen molar-refractivity contribution in [3.8, 4) is 5.75 Å². The van der Waals surface area contributed by atoms with Gasteiger partial charge >= 0.3 is 0 Å². The van der Waals surface area contributed by atoms with Gasteiger partial charge in [0.25, 0.3) is 21.8 Å². The minimum absolute atomic E-state index is 0.0544. The first-order chi connectivity index (χ1) is 19.2. The van der Waals surface area contributed by atoms with Gasteiger partial charge in [-0.15, -0.1) is 0 Å². The maximum absolute atomic E-state index is 13.6. The van der Waals surface area contributed by atoms with Gasteiger partial charge in [0, 0.05) is 21.3 Å². The van der Waals surface area contributed by atoms with Crippen LogP contribution in [0.3, 0.4) is 0 Å². The van der Waals surface area contributed by atoms with E-state index in [1.54, 1.807) is 60.7 Å². The molecule has 0 aromatic heterocycles. The number of hydrogen-bond donors (Lipinski definition) is 2. The van der Waals surface area contributed by atoms with E-state index in [1.165, 1.54) is 31.4 Å². The second-order valence-electron chi connectivity index (χ2n) is 8.53. The van der Waals surface area contributed by atoms with Crippen molar-refractivity contribution in [1.29, 1.82) is 0 Å². The third-order valence-electron chi connectivity index (χ3n) is 5.85. The fourth-order valence-electron chi connectivity index (χ4n) is 3.91. The highest BCUT2D eigenvalue weighted by Gasteiger charge is 2.40. The van der Waals surface area contributed by atoms with E-state index in [4.69, 9.17) is 16.3 Å². The molecule has 0 saturated carbocycles. The summed E-state index contributed by atoms with van der Waals surface area (Å²) in [5.74, 6) is -0.433. The van der Waals surface area contributed by atoms with Gasteiger partial charge in [-0.25, -0.2) is 13.3 Å². The largest absolute Gasteiger partial charge is 0.497 e. The average Bonchev–Trinajstić information content (AvgIpc) is 3.17. The Morgan fingerprint density at radius 3 is 2.15 bits per heavy atom. The van der Waals surface area contributed by atoms with Gasteiger partial charge in [-0.1, -0.05) is 47.6 Å². The van der Waals surface area contributed by atoms with E-state index in [2.05, 4.69) is 10.0 Å². The number of sulfonamides is 1. The first-order valence-electron chi connectivity index (χ1n) is 11.9. The zero-order chi connectivity index (χ0) is 28.3. The fourth-order valence-corrected chi connectivity index (χ4v) is 6.08. The van der Waals surface area contributed by atoms with Gasteiger partial charge in [-0.2, -0.15) is 0 Å². The van der Waals surface area contributed by atoms with Crippen molar-refractivity contribution in [3.63, 3.8) is 0 Å². The summed E-state index contributed by atoms with van der Waals surface area (Å²) in [4.78, 5) is 29.1. The lowest BCUT2D eigenvalue weighted by molar-refractivity contribution is -0.120. The Bertz CT molecular complexity index is 1710. The number of anilines is 3. The van der Waals surface area contributed by atoms with Crippen LogP contribution in [0, 0.1) is 0 Å². The molecule has 8 nitrogen and oxygen atoms in total. The number of methoxy groups -OCH3 is 1. The molecule has 11 heteroatoms. The Kier molecular flexibility index (Phi) is 7.83. The number of halogens is 1. The molecule has 0 radical (unpaired) electrons. The van der Waals surface area contributed by atoms with Crippen molar-refractivity contribution in [2.75, 3.05) is 22.0 Å². The summed E-state index contributed by atoms with van der Waals surface area (Å²) in [5, 5.41) is 3.51. The fraction of sp³-hybridized carbons (Fsp3) is 0.0345. The number of nitrogens with one attached hydrogen (secondary N) is 2. The lowest BCUT2D eigenvalue weighted by atomic mass is 10.2. The minimum Gasteiger partial charge on any atom is -0.497 e. The lowest BCUT2D eigenvalue weighted by Crippen LogP contribution is -2.32. The predicted molar refractivity (Wildman–Crippen MR) is 157 cm³/mol. The SMILES string of the molecule is COc1ccc(N2C(=O)C(Nc3ccccc3)=C(Sc3cccc(NS(=O)(=O)c4ccc(Cl)cc4)c3)C2=O)cc1. The number of benzene rings is 4. The molecule has 1 aliphatic heterocycles. The molecule has 5 rings (SSSR count). The molecule has 0 bridgehead atoms. The number of amides is 2. The third-order valence-corrected chi connectivity index (χ3v) is 8.57. The molecule has 0 spiro atoms. The Hall–Kier alpha value is -4.25. The highest BCUT2D eigenvalue weighted by Crippen LogP contribution is 2.39. The van der Waals surface area contributed by atoms with E-state index in [0.29, 0.717) is 32.7 Å².